The maximum absolute atomic E-state index is 13.0. The topological polar surface area (TPSA) is 58.6 Å². The third-order valence-electron chi connectivity index (χ3n) is 6.37. The van der Waals surface area contributed by atoms with E-state index in [0.717, 1.165) is 41.8 Å². The highest BCUT2D eigenvalue weighted by molar-refractivity contribution is 5.95. The van der Waals surface area contributed by atoms with E-state index in [0.29, 0.717) is 24.2 Å². The lowest BCUT2D eigenvalue weighted by molar-refractivity contribution is 0.0706. The summed E-state index contributed by atoms with van der Waals surface area (Å²) in [5, 5.41) is 3.03. The van der Waals surface area contributed by atoms with Crippen LogP contribution in [0, 0.1) is 6.92 Å². The Morgan fingerprint density at radius 1 is 1.00 bits per heavy atom. The van der Waals surface area contributed by atoms with Crippen molar-refractivity contribution >= 4 is 11.8 Å². The number of carbonyl (C=O) groups excluding carboxylic acids is 2. The lowest BCUT2D eigenvalue weighted by atomic mass is 9.89. The van der Waals surface area contributed by atoms with E-state index in [1.807, 2.05) is 78.6 Å². The number of ether oxygens (including phenoxy) is 1. The van der Waals surface area contributed by atoms with Gasteiger partial charge in [0.15, 0.2) is 0 Å². The lowest BCUT2D eigenvalue weighted by Gasteiger charge is -2.33. The molecule has 1 fully saturated rings. The quantitative estimate of drug-likeness (QED) is 0.587. The smallest absolute Gasteiger partial charge is 0.253 e. The normalized spacial score (nSPS) is 15.7. The molecule has 0 aliphatic carbocycles. The highest BCUT2D eigenvalue weighted by Crippen LogP contribution is 2.28. The van der Waals surface area contributed by atoms with E-state index in [1.165, 1.54) is 0 Å². The van der Waals surface area contributed by atoms with Gasteiger partial charge in [0.2, 0.25) is 0 Å². The minimum atomic E-state index is -0.0814. The van der Waals surface area contributed by atoms with Gasteiger partial charge in [-0.1, -0.05) is 36.4 Å². The molecule has 0 unspecified atom stereocenters. The van der Waals surface area contributed by atoms with Gasteiger partial charge >= 0.3 is 0 Å². The zero-order chi connectivity index (χ0) is 23.2. The third-order valence-corrected chi connectivity index (χ3v) is 6.37. The summed E-state index contributed by atoms with van der Waals surface area (Å²) in [5.74, 6) is 0.905. The van der Waals surface area contributed by atoms with Crippen molar-refractivity contribution in [2.45, 2.75) is 32.2 Å². The van der Waals surface area contributed by atoms with E-state index in [9.17, 15) is 9.59 Å². The molecule has 0 radical (unpaired) electrons. The molecule has 5 heteroatoms. The molecule has 5 nitrogen and oxygen atoms in total. The Morgan fingerprint density at radius 3 is 2.55 bits per heavy atom. The van der Waals surface area contributed by atoms with Gasteiger partial charge in [-0.25, -0.2) is 0 Å². The summed E-state index contributed by atoms with van der Waals surface area (Å²) in [4.78, 5) is 27.7. The molecule has 33 heavy (non-hydrogen) atoms. The number of benzene rings is 3. The first-order chi connectivity index (χ1) is 16.0. The van der Waals surface area contributed by atoms with Crippen molar-refractivity contribution in [2.75, 3.05) is 20.2 Å². The first kappa shape index (κ1) is 22.6. The number of hydrogen-bond donors (Lipinski definition) is 1. The largest absolute Gasteiger partial charge is 0.497 e. The maximum atomic E-state index is 13.0. The van der Waals surface area contributed by atoms with E-state index >= 15 is 0 Å². The fraction of sp³-hybridized carbons (Fsp3) is 0.286. The molecule has 4 rings (SSSR count). The predicted molar refractivity (Wildman–Crippen MR) is 130 cm³/mol. The summed E-state index contributed by atoms with van der Waals surface area (Å²) in [6.45, 7) is 3.95. The average Bonchev–Trinajstić information content (AvgIpc) is 2.88. The first-order valence-electron chi connectivity index (χ1n) is 11.4. The van der Waals surface area contributed by atoms with Gasteiger partial charge in [-0.2, -0.15) is 0 Å². The van der Waals surface area contributed by atoms with Crippen LogP contribution in [0.4, 0.5) is 0 Å². The van der Waals surface area contributed by atoms with Gasteiger partial charge in [0.05, 0.1) is 7.11 Å². The molecule has 170 valence electrons. The van der Waals surface area contributed by atoms with Crippen molar-refractivity contribution in [1.82, 2.24) is 10.2 Å². The molecule has 0 saturated carbocycles. The molecule has 1 heterocycles. The summed E-state index contributed by atoms with van der Waals surface area (Å²) in [6, 6.07) is 23.1. The van der Waals surface area contributed by atoms with Crippen LogP contribution in [0.1, 0.15) is 56.2 Å². The summed E-state index contributed by atoms with van der Waals surface area (Å²) in [6.07, 6.45) is 1.94. The standard InChI is InChI=1S/C28H30N2O3/c1-20-7-3-4-8-24(20)18-29-27(31)23-10-5-9-22(17-23)25-11-6-16-30(19-25)28(32)21-12-14-26(33-2)15-13-21/h3-5,7-10,12-15,17,25H,6,11,16,18-19H2,1-2H3,(H,29,31)/t25-/m0/s1. The number of rotatable bonds is 6. The number of nitrogens with zero attached hydrogens (tertiary/aromatic N) is 1. The van der Waals surface area contributed by atoms with Gasteiger partial charge in [0, 0.05) is 36.7 Å². The van der Waals surface area contributed by atoms with Crippen LogP contribution in [0.15, 0.2) is 72.8 Å². The van der Waals surface area contributed by atoms with Crippen molar-refractivity contribution in [2.24, 2.45) is 0 Å². The van der Waals surface area contributed by atoms with Crippen molar-refractivity contribution in [1.29, 1.82) is 0 Å². The molecule has 1 aliphatic heterocycles. The van der Waals surface area contributed by atoms with Gasteiger partial charge in [0.1, 0.15) is 5.75 Å². The highest BCUT2D eigenvalue weighted by atomic mass is 16.5. The second kappa shape index (κ2) is 10.3. The molecule has 1 saturated heterocycles. The molecule has 0 aromatic heterocycles. The Balaban J connectivity index is 1.42. The van der Waals surface area contributed by atoms with Crippen LogP contribution in [0.2, 0.25) is 0 Å². The van der Waals surface area contributed by atoms with Crippen LogP contribution in [0.5, 0.6) is 5.75 Å². The third kappa shape index (κ3) is 5.43. The molecule has 3 aromatic carbocycles. The van der Waals surface area contributed by atoms with Crippen LogP contribution < -0.4 is 10.1 Å². The van der Waals surface area contributed by atoms with Crippen LogP contribution in [0.3, 0.4) is 0 Å². The number of amides is 2. The Morgan fingerprint density at radius 2 is 1.79 bits per heavy atom. The van der Waals surface area contributed by atoms with E-state index < -0.39 is 0 Å². The second-order valence-corrected chi connectivity index (χ2v) is 8.55. The van der Waals surface area contributed by atoms with Crippen LogP contribution >= 0.6 is 0 Å². The summed E-state index contributed by atoms with van der Waals surface area (Å²) in [5.41, 5.74) is 4.70. The number of aryl methyl sites for hydroxylation is 1. The summed E-state index contributed by atoms with van der Waals surface area (Å²) in [7, 11) is 1.61. The molecule has 2 amide bonds. The first-order valence-corrected chi connectivity index (χ1v) is 11.4. The minimum Gasteiger partial charge on any atom is -0.497 e. The maximum Gasteiger partial charge on any atom is 0.253 e. The van der Waals surface area contributed by atoms with Crippen LogP contribution in [0.25, 0.3) is 0 Å². The van der Waals surface area contributed by atoms with Crippen LogP contribution in [-0.2, 0) is 6.54 Å². The molecule has 0 bridgehead atoms. The number of likely N-dealkylation sites (tertiary alicyclic amines) is 1. The number of hydrogen-bond acceptors (Lipinski definition) is 3. The van der Waals surface area contributed by atoms with E-state index in [1.54, 1.807) is 7.11 Å². The van der Waals surface area contributed by atoms with Gasteiger partial charge in [-0.15, -0.1) is 0 Å². The van der Waals surface area contributed by atoms with Gasteiger partial charge in [-0.05, 0) is 72.9 Å². The molecular weight excluding hydrogens is 412 g/mol. The molecular formula is C28H30N2O3. The van der Waals surface area contributed by atoms with Crippen molar-refractivity contribution in [3.63, 3.8) is 0 Å². The number of methoxy groups -OCH3 is 1. The Bertz CT molecular complexity index is 1120. The average molecular weight is 443 g/mol. The number of carbonyl (C=O) groups is 2. The van der Waals surface area contributed by atoms with Crippen molar-refractivity contribution < 1.29 is 14.3 Å². The predicted octanol–water partition coefficient (Wildman–Crippen LogP) is 4.95. The van der Waals surface area contributed by atoms with Gasteiger partial charge in [0.25, 0.3) is 11.8 Å². The highest BCUT2D eigenvalue weighted by Gasteiger charge is 2.26. The zero-order valence-corrected chi connectivity index (χ0v) is 19.2. The van der Waals surface area contributed by atoms with E-state index in [2.05, 4.69) is 11.4 Å². The summed E-state index contributed by atoms with van der Waals surface area (Å²) >= 11 is 0. The van der Waals surface area contributed by atoms with E-state index in [4.69, 9.17) is 4.74 Å². The monoisotopic (exact) mass is 442 g/mol. The van der Waals surface area contributed by atoms with Gasteiger partial charge in [-0.3, -0.25) is 9.59 Å². The molecule has 1 N–H and O–H groups in total. The Kier molecular flexibility index (Phi) is 7.08. The number of nitrogens with one attached hydrogen (secondary N) is 1. The number of piperidine rings is 1. The van der Waals surface area contributed by atoms with Gasteiger partial charge < -0.3 is 15.0 Å². The fourth-order valence-corrected chi connectivity index (χ4v) is 4.37. The molecule has 3 aromatic rings. The molecule has 1 atom stereocenters. The molecule has 1 aliphatic rings. The molecule has 0 spiro atoms. The lowest BCUT2D eigenvalue weighted by Crippen LogP contribution is -2.39. The fourth-order valence-electron chi connectivity index (χ4n) is 4.37. The van der Waals surface area contributed by atoms with E-state index in [-0.39, 0.29) is 17.7 Å². The van der Waals surface area contributed by atoms with Crippen LogP contribution in [-0.4, -0.2) is 36.9 Å². The summed E-state index contributed by atoms with van der Waals surface area (Å²) < 4.78 is 5.19. The minimum absolute atomic E-state index is 0.0366. The SMILES string of the molecule is COc1ccc(C(=O)N2CCC[C@H](c3cccc(C(=O)NCc4ccccc4C)c3)C2)cc1. The van der Waals surface area contributed by atoms with Crippen molar-refractivity contribution in [3.05, 3.63) is 101 Å². The Hall–Kier alpha value is -3.60. The van der Waals surface area contributed by atoms with Crippen molar-refractivity contribution in [3.8, 4) is 5.75 Å². The zero-order valence-electron chi connectivity index (χ0n) is 19.2. The second-order valence-electron chi connectivity index (χ2n) is 8.55. The Labute approximate surface area is 195 Å².